The van der Waals surface area contributed by atoms with Crippen LogP contribution in [0.25, 0.3) is 11.0 Å². The Morgan fingerprint density at radius 1 is 1.19 bits per heavy atom. The van der Waals surface area contributed by atoms with Gasteiger partial charge in [0.25, 0.3) is 0 Å². The highest BCUT2D eigenvalue weighted by Gasteiger charge is 2.18. The van der Waals surface area contributed by atoms with Crippen molar-refractivity contribution in [2.45, 2.75) is 12.5 Å². The summed E-state index contributed by atoms with van der Waals surface area (Å²) in [4.78, 5) is 0. The second-order valence-electron chi connectivity index (χ2n) is 4.82. The van der Waals surface area contributed by atoms with Gasteiger partial charge in [-0.15, -0.1) is 0 Å². The minimum Gasteiger partial charge on any atom is -0.456 e. The van der Waals surface area contributed by atoms with Crippen LogP contribution < -0.4 is 11.3 Å². The van der Waals surface area contributed by atoms with E-state index in [0.717, 1.165) is 5.56 Å². The van der Waals surface area contributed by atoms with Crippen LogP contribution >= 0.6 is 11.6 Å². The van der Waals surface area contributed by atoms with Crippen LogP contribution in [-0.2, 0) is 6.42 Å². The first kappa shape index (κ1) is 14.1. The number of hydrogen-bond donors (Lipinski definition) is 2. The summed E-state index contributed by atoms with van der Waals surface area (Å²) in [5.41, 5.74) is 3.89. The zero-order valence-corrected chi connectivity index (χ0v) is 11.9. The number of fused-ring (bicyclic) bond motifs is 1. The van der Waals surface area contributed by atoms with Gasteiger partial charge in [-0.3, -0.25) is 5.84 Å². The molecule has 0 bridgehead atoms. The number of halogens is 2. The molecule has 3 aromatic rings. The van der Waals surface area contributed by atoms with Crippen molar-refractivity contribution in [3.63, 3.8) is 0 Å². The molecule has 0 aliphatic heterocycles. The molecular formula is C16H14ClFN2O. The van der Waals surface area contributed by atoms with Gasteiger partial charge >= 0.3 is 0 Å². The van der Waals surface area contributed by atoms with E-state index in [1.165, 1.54) is 6.07 Å². The Morgan fingerprint density at radius 2 is 2.00 bits per heavy atom. The summed E-state index contributed by atoms with van der Waals surface area (Å²) >= 11 is 6.16. The fourth-order valence-electron chi connectivity index (χ4n) is 2.34. The van der Waals surface area contributed by atoms with E-state index >= 15 is 0 Å². The van der Waals surface area contributed by atoms with Crippen LogP contribution in [-0.4, -0.2) is 0 Å². The molecule has 3 nitrogen and oxygen atoms in total. The van der Waals surface area contributed by atoms with Gasteiger partial charge in [-0.1, -0.05) is 41.9 Å². The zero-order valence-electron chi connectivity index (χ0n) is 11.1. The Kier molecular flexibility index (Phi) is 3.92. The molecule has 2 aromatic carbocycles. The first-order valence-corrected chi connectivity index (χ1v) is 6.94. The smallest absolute Gasteiger partial charge is 0.169 e. The maximum Gasteiger partial charge on any atom is 0.169 e. The van der Waals surface area contributed by atoms with Gasteiger partial charge in [0, 0.05) is 10.4 Å². The molecule has 0 fully saturated rings. The Balaban J connectivity index is 1.95. The molecule has 0 aliphatic rings. The SMILES string of the molecule is NNC(Cc1ccccc1Cl)c1cc2cccc(F)c2o1. The number of para-hydroxylation sites is 1. The van der Waals surface area contributed by atoms with Crippen LogP contribution in [0.4, 0.5) is 4.39 Å². The fourth-order valence-corrected chi connectivity index (χ4v) is 2.56. The topological polar surface area (TPSA) is 51.2 Å². The quantitative estimate of drug-likeness (QED) is 0.566. The van der Waals surface area contributed by atoms with Crippen molar-refractivity contribution in [1.82, 2.24) is 5.43 Å². The van der Waals surface area contributed by atoms with Gasteiger partial charge in [0.05, 0.1) is 6.04 Å². The lowest BCUT2D eigenvalue weighted by atomic mass is 10.0. The van der Waals surface area contributed by atoms with E-state index in [9.17, 15) is 4.39 Å². The fraction of sp³-hybridized carbons (Fsp3) is 0.125. The number of rotatable bonds is 4. The maximum absolute atomic E-state index is 13.7. The lowest BCUT2D eigenvalue weighted by Crippen LogP contribution is -2.29. The second kappa shape index (κ2) is 5.85. The molecule has 0 aliphatic carbocycles. The van der Waals surface area contributed by atoms with Gasteiger partial charge in [0.1, 0.15) is 5.76 Å². The van der Waals surface area contributed by atoms with Crippen molar-refractivity contribution >= 4 is 22.6 Å². The van der Waals surface area contributed by atoms with Crippen molar-refractivity contribution in [1.29, 1.82) is 0 Å². The van der Waals surface area contributed by atoms with Crippen LogP contribution in [0.15, 0.2) is 52.9 Å². The van der Waals surface area contributed by atoms with Crippen LogP contribution in [0, 0.1) is 5.82 Å². The number of benzene rings is 2. The molecule has 108 valence electrons. The standard InChI is InChI=1S/C16H14ClFN2O/c17-12-6-2-1-4-10(12)8-14(20-19)15-9-11-5-3-7-13(18)16(11)21-15/h1-7,9,14,20H,8,19H2. The molecule has 1 aromatic heterocycles. The second-order valence-corrected chi connectivity index (χ2v) is 5.23. The van der Waals surface area contributed by atoms with Crippen LogP contribution in [0.5, 0.6) is 0 Å². The van der Waals surface area contributed by atoms with Gasteiger partial charge < -0.3 is 4.42 Å². The lowest BCUT2D eigenvalue weighted by Gasteiger charge is -2.14. The highest BCUT2D eigenvalue weighted by Crippen LogP contribution is 2.29. The average molecular weight is 305 g/mol. The maximum atomic E-state index is 13.7. The van der Waals surface area contributed by atoms with E-state index in [1.807, 2.05) is 24.3 Å². The van der Waals surface area contributed by atoms with Crippen molar-refractivity contribution in [2.75, 3.05) is 0 Å². The summed E-state index contributed by atoms with van der Waals surface area (Å²) in [6, 6.07) is 13.9. The highest BCUT2D eigenvalue weighted by molar-refractivity contribution is 6.31. The summed E-state index contributed by atoms with van der Waals surface area (Å²) in [7, 11) is 0. The molecule has 3 rings (SSSR count). The predicted octanol–water partition coefficient (Wildman–Crippen LogP) is 3.97. The van der Waals surface area contributed by atoms with E-state index in [2.05, 4.69) is 5.43 Å². The molecule has 3 N–H and O–H groups in total. The number of hydrazine groups is 1. The van der Waals surface area contributed by atoms with E-state index in [-0.39, 0.29) is 17.4 Å². The summed E-state index contributed by atoms with van der Waals surface area (Å²) in [6.45, 7) is 0. The van der Waals surface area contributed by atoms with E-state index in [1.54, 1.807) is 18.2 Å². The number of nitrogens with two attached hydrogens (primary N) is 1. The molecule has 0 amide bonds. The summed E-state index contributed by atoms with van der Waals surface area (Å²) in [5, 5.41) is 1.38. The molecule has 21 heavy (non-hydrogen) atoms. The summed E-state index contributed by atoms with van der Waals surface area (Å²) in [5.74, 6) is 5.81. The zero-order chi connectivity index (χ0) is 14.8. The van der Waals surface area contributed by atoms with Crippen molar-refractivity contribution < 1.29 is 8.81 Å². The van der Waals surface area contributed by atoms with Gasteiger partial charge in [-0.2, -0.15) is 0 Å². The Labute approximate surface area is 126 Å². The molecular weight excluding hydrogens is 291 g/mol. The van der Waals surface area contributed by atoms with Crippen molar-refractivity contribution in [3.8, 4) is 0 Å². The molecule has 0 spiro atoms. The van der Waals surface area contributed by atoms with Gasteiger partial charge in [-0.05, 0) is 30.2 Å². The third kappa shape index (κ3) is 2.78. The average Bonchev–Trinajstić information content (AvgIpc) is 2.92. The molecule has 1 unspecified atom stereocenters. The Bertz CT molecular complexity index is 772. The first-order chi connectivity index (χ1) is 10.2. The Hall–Kier alpha value is -1.88. The minimum atomic E-state index is -0.382. The number of hydrogen-bond acceptors (Lipinski definition) is 3. The van der Waals surface area contributed by atoms with E-state index < -0.39 is 0 Å². The molecule has 0 saturated heterocycles. The summed E-state index contributed by atoms with van der Waals surface area (Å²) < 4.78 is 19.3. The third-order valence-electron chi connectivity index (χ3n) is 3.44. The minimum absolute atomic E-state index is 0.243. The van der Waals surface area contributed by atoms with Crippen LogP contribution in [0.1, 0.15) is 17.4 Å². The van der Waals surface area contributed by atoms with Crippen molar-refractivity contribution in [2.24, 2.45) is 5.84 Å². The van der Waals surface area contributed by atoms with Gasteiger partial charge in [0.2, 0.25) is 0 Å². The third-order valence-corrected chi connectivity index (χ3v) is 3.81. The van der Waals surface area contributed by atoms with Crippen LogP contribution in [0.2, 0.25) is 5.02 Å². The lowest BCUT2D eigenvalue weighted by molar-refractivity contribution is 0.427. The monoisotopic (exact) mass is 304 g/mol. The summed E-state index contributed by atoms with van der Waals surface area (Å²) in [6.07, 6.45) is 0.553. The first-order valence-electron chi connectivity index (χ1n) is 6.56. The molecule has 0 saturated carbocycles. The van der Waals surface area contributed by atoms with Gasteiger partial charge in [0.15, 0.2) is 11.4 Å². The van der Waals surface area contributed by atoms with E-state index in [0.29, 0.717) is 22.6 Å². The normalized spacial score (nSPS) is 12.7. The predicted molar refractivity (Wildman–Crippen MR) is 81.4 cm³/mol. The molecule has 0 radical (unpaired) electrons. The van der Waals surface area contributed by atoms with E-state index in [4.69, 9.17) is 21.9 Å². The van der Waals surface area contributed by atoms with Crippen molar-refractivity contribution in [3.05, 3.63) is 70.7 Å². The molecule has 1 heterocycles. The Morgan fingerprint density at radius 3 is 2.71 bits per heavy atom. The number of nitrogens with one attached hydrogen (secondary N) is 1. The van der Waals surface area contributed by atoms with Crippen LogP contribution in [0.3, 0.4) is 0 Å². The van der Waals surface area contributed by atoms with Gasteiger partial charge in [-0.25, -0.2) is 9.82 Å². The molecule has 5 heteroatoms. The highest BCUT2D eigenvalue weighted by atomic mass is 35.5. The molecule has 1 atom stereocenters. The largest absolute Gasteiger partial charge is 0.456 e. The number of furan rings is 1.